The molecule has 0 unspecified atom stereocenters. The van der Waals surface area contributed by atoms with Gasteiger partial charge in [0.15, 0.2) is 4.77 Å². The lowest BCUT2D eigenvalue weighted by Gasteiger charge is -2.34. The molecule has 4 rings (SSSR count). The van der Waals surface area contributed by atoms with E-state index in [-0.39, 0.29) is 0 Å². The first kappa shape index (κ1) is 14.4. The molecule has 3 aliphatic rings. The van der Waals surface area contributed by atoms with Gasteiger partial charge in [-0.1, -0.05) is 0 Å². The van der Waals surface area contributed by atoms with E-state index in [1.54, 1.807) is 0 Å². The fourth-order valence-corrected chi connectivity index (χ4v) is 4.13. The molecule has 120 valence electrons. The number of carbonyl (C=O) groups is 1. The quantitative estimate of drug-likeness (QED) is 0.868. The van der Waals surface area contributed by atoms with Crippen LogP contribution in [0.4, 0.5) is 0 Å². The van der Waals surface area contributed by atoms with E-state index in [9.17, 15) is 4.79 Å². The molecule has 0 radical (unpaired) electrons. The number of hydrogen-bond donors (Lipinski definition) is 1. The highest BCUT2D eigenvalue weighted by Gasteiger charge is 2.47. The fraction of sp³-hybridized carbons (Fsp3) is 0.812. The molecule has 2 aliphatic carbocycles. The molecule has 0 spiro atoms. The average molecular weight is 320 g/mol. The normalized spacial score (nSPS) is 23.3. The first-order valence-corrected chi connectivity index (χ1v) is 8.96. The lowest BCUT2D eigenvalue weighted by molar-refractivity contribution is -0.138. The van der Waals surface area contributed by atoms with Gasteiger partial charge in [0.25, 0.3) is 0 Å². The van der Waals surface area contributed by atoms with Gasteiger partial charge in [-0.25, -0.2) is 0 Å². The van der Waals surface area contributed by atoms with Crippen LogP contribution in [-0.4, -0.2) is 38.7 Å². The van der Waals surface area contributed by atoms with Gasteiger partial charge >= 0.3 is 0 Å². The highest BCUT2D eigenvalue weighted by Crippen LogP contribution is 2.50. The molecule has 5 nitrogen and oxygen atoms in total. The molecule has 0 bridgehead atoms. The molecular weight excluding hydrogens is 296 g/mol. The van der Waals surface area contributed by atoms with Crippen LogP contribution in [0, 0.1) is 22.5 Å². The van der Waals surface area contributed by atoms with Gasteiger partial charge in [0.1, 0.15) is 5.82 Å². The van der Waals surface area contributed by atoms with Crippen LogP contribution in [0.5, 0.6) is 0 Å². The number of hydrogen-bond acceptors (Lipinski definition) is 3. The van der Waals surface area contributed by atoms with Crippen LogP contribution in [0.15, 0.2) is 0 Å². The second kappa shape index (κ2) is 5.48. The van der Waals surface area contributed by atoms with Gasteiger partial charge < -0.3 is 9.47 Å². The minimum atomic E-state index is 0.345. The molecule has 3 fully saturated rings. The summed E-state index contributed by atoms with van der Waals surface area (Å²) in [6.45, 7) is 1.75. The molecule has 22 heavy (non-hydrogen) atoms. The molecule has 1 amide bonds. The SMILES string of the molecule is Cn1c(C2CCN(C(=O)C(C3CC3)C3CC3)CC2)n[nH]c1=S. The number of amides is 1. The Hall–Kier alpha value is -1.17. The van der Waals surface area contributed by atoms with E-state index in [1.807, 2.05) is 11.6 Å². The maximum absolute atomic E-state index is 12.9. The van der Waals surface area contributed by atoms with E-state index in [0.717, 1.165) is 31.8 Å². The lowest BCUT2D eigenvalue weighted by Crippen LogP contribution is -2.42. The Balaban J connectivity index is 1.40. The Morgan fingerprint density at radius 3 is 2.23 bits per heavy atom. The van der Waals surface area contributed by atoms with E-state index in [2.05, 4.69) is 15.1 Å². The first-order valence-electron chi connectivity index (χ1n) is 8.55. The topological polar surface area (TPSA) is 53.9 Å². The van der Waals surface area contributed by atoms with Gasteiger partial charge in [-0.3, -0.25) is 9.89 Å². The number of nitrogens with one attached hydrogen (secondary N) is 1. The van der Waals surface area contributed by atoms with E-state index in [1.165, 1.54) is 25.7 Å². The Morgan fingerprint density at radius 2 is 1.77 bits per heavy atom. The van der Waals surface area contributed by atoms with Crippen molar-refractivity contribution in [3.63, 3.8) is 0 Å². The third kappa shape index (κ3) is 2.62. The summed E-state index contributed by atoms with van der Waals surface area (Å²) in [7, 11) is 1.97. The second-order valence-electron chi connectivity index (χ2n) is 7.25. The van der Waals surface area contributed by atoms with Crippen molar-refractivity contribution in [2.45, 2.75) is 44.4 Å². The maximum Gasteiger partial charge on any atom is 0.226 e. The Labute approximate surface area is 136 Å². The third-order valence-electron chi connectivity index (χ3n) is 5.63. The summed E-state index contributed by atoms with van der Waals surface area (Å²) in [5.41, 5.74) is 0. The van der Waals surface area contributed by atoms with Crippen molar-refractivity contribution in [3.8, 4) is 0 Å². The largest absolute Gasteiger partial charge is 0.342 e. The first-order chi connectivity index (χ1) is 10.6. The van der Waals surface area contributed by atoms with Gasteiger partial charge in [-0.15, -0.1) is 0 Å². The molecule has 1 aromatic heterocycles. The summed E-state index contributed by atoms with van der Waals surface area (Å²) in [5, 5.41) is 7.23. The molecule has 1 aromatic rings. The molecule has 6 heteroatoms. The van der Waals surface area contributed by atoms with Crippen LogP contribution in [0.3, 0.4) is 0 Å². The zero-order chi connectivity index (χ0) is 15.3. The van der Waals surface area contributed by atoms with E-state index in [4.69, 9.17) is 12.2 Å². The van der Waals surface area contributed by atoms with Gasteiger partial charge in [-0.2, -0.15) is 5.10 Å². The van der Waals surface area contributed by atoms with Crippen molar-refractivity contribution in [3.05, 3.63) is 10.6 Å². The molecule has 0 aromatic carbocycles. The number of carbonyl (C=O) groups excluding carboxylic acids is 1. The van der Waals surface area contributed by atoms with Crippen LogP contribution in [0.2, 0.25) is 0 Å². The lowest BCUT2D eigenvalue weighted by atomic mass is 9.92. The van der Waals surface area contributed by atoms with Crippen molar-refractivity contribution in [2.24, 2.45) is 24.8 Å². The number of aromatic nitrogens is 3. The van der Waals surface area contributed by atoms with Crippen molar-refractivity contribution >= 4 is 18.1 Å². The summed E-state index contributed by atoms with van der Waals surface area (Å²) < 4.78 is 2.64. The number of rotatable bonds is 4. The standard InChI is InChI=1S/C16H24N4OS/c1-19-14(17-18-16(19)22)12-6-8-20(9-7-12)15(21)13(10-2-3-10)11-4-5-11/h10-13H,2-9H2,1H3,(H,18,22). The van der Waals surface area contributed by atoms with Gasteiger partial charge in [-0.05, 0) is 62.6 Å². The Morgan fingerprint density at radius 1 is 1.18 bits per heavy atom. The van der Waals surface area contributed by atoms with Crippen molar-refractivity contribution < 1.29 is 4.79 Å². The number of likely N-dealkylation sites (tertiary alicyclic amines) is 1. The van der Waals surface area contributed by atoms with Gasteiger partial charge in [0, 0.05) is 32.0 Å². The third-order valence-corrected chi connectivity index (χ3v) is 6.00. The predicted molar refractivity (Wildman–Crippen MR) is 85.9 cm³/mol. The van der Waals surface area contributed by atoms with Crippen molar-refractivity contribution in [1.29, 1.82) is 0 Å². The Kier molecular flexibility index (Phi) is 3.59. The van der Waals surface area contributed by atoms with Crippen LogP contribution in [0.1, 0.15) is 50.3 Å². The summed E-state index contributed by atoms with van der Waals surface area (Å²) in [6.07, 6.45) is 7.09. The smallest absolute Gasteiger partial charge is 0.226 e. The summed E-state index contributed by atoms with van der Waals surface area (Å²) >= 11 is 5.19. The fourth-order valence-electron chi connectivity index (χ4n) is 3.99. The molecule has 1 saturated heterocycles. The average Bonchev–Trinajstić information content (AvgIpc) is 3.43. The zero-order valence-electron chi connectivity index (χ0n) is 13.1. The summed E-state index contributed by atoms with van der Waals surface area (Å²) in [6, 6.07) is 0. The highest BCUT2D eigenvalue weighted by atomic mass is 32.1. The number of aromatic amines is 1. The number of nitrogens with zero attached hydrogens (tertiary/aromatic N) is 3. The molecule has 1 N–H and O–H groups in total. The van der Waals surface area contributed by atoms with Gasteiger partial charge in [0.2, 0.25) is 5.91 Å². The van der Waals surface area contributed by atoms with Gasteiger partial charge in [0.05, 0.1) is 0 Å². The predicted octanol–water partition coefficient (Wildman–Crippen LogP) is 2.62. The maximum atomic E-state index is 12.9. The minimum Gasteiger partial charge on any atom is -0.342 e. The zero-order valence-corrected chi connectivity index (χ0v) is 13.9. The van der Waals surface area contributed by atoms with E-state index < -0.39 is 0 Å². The molecule has 2 saturated carbocycles. The summed E-state index contributed by atoms with van der Waals surface area (Å²) in [5.74, 6) is 3.64. The second-order valence-corrected chi connectivity index (χ2v) is 7.63. The van der Waals surface area contributed by atoms with Crippen LogP contribution in [-0.2, 0) is 11.8 Å². The number of H-pyrrole nitrogens is 1. The van der Waals surface area contributed by atoms with Crippen LogP contribution >= 0.6 is 12.2 Å². The van der Waals surface area contributed by atoms with Crippen LogP contribution in [0.25, 0.3) is 0 Å². The monoisotopic (exact) mass is 320 g/mol. The summed E-state index contributed by atoms with van der Waals surface area (Å²) in [4.78, 5) is 15.0. The van der Waals surface area contributed by atoms with E-state index in [0.29, 0.717) is 34.3 Å². The van der Waals surface area contributed by atoms with E-state index >= 15 is 0 Å². The minimum absolute atomic E-state index is 0.345. The van der Waals surface area contributed by atoms with Crippen molar-refractivity contribution in [2.75, 3.05) is 13.1 Å². The molecule has 1 aliphatic heterocycles. The molecule has 2 heterocycles. The molecule has 0 atom stereocenters. The Bertz CT molecular complexity index is 608. The van der Waals surface area contributed by atoms with Crippen molar-refractivity contribution in [1.82, 2.24) is 19.7 Å². The molecular formula is C16H24N4OS. The number of piperidine rings is 1. The highest BCUT2D eigenvalue weighted by molar-refractivity contribution is 7.71. The van der Waals surface area contributed by atoms with Crippen LogP contribution < -0.4 is 0 Å².